The van der Waals surface area contributed by atoms with Crippen LogP contribution >= 0.6 is 0 Å². The summed E-state index contributed by atoms with van der Waals surface area (Å²) in [5.41, 5.74) is 1.32. The molecule has 3 heterocycles. The van der Waals surface area contributed by atoms with E-state index in [1.165, 1.54) is 16.1 Å². The number of hydrogen-bond donors (Lipinski definition) is 1. The van der Waals surface area contributed by atoms with Gasteiger partial charge in [-0.05, 0) is 36.6 Å². The van der Waals surface area contributed by atoms with Crippen molar-refractivity contribution < 1.29 is 22.7 Å². The van der Waals surface area contributed by atoms with Gasteiger partial charge in [-0.2, -0.15) is 4.31 Å². The third-order valence-corrected chi connectivity index (χ3v) is 8.11. The van der Waals surface area contributed by atoms with E-state index >= 15 is 0 Å². The highest BCUT2D eigenvalue weighted by molar-refractivity contribution is 7.89. The smallest absolute Gasteiger partial charge is 0.243 e. The lowest BCUT2D eigenvalue weighted by Crippen LogP contribution is -2.49. The molecule has 1 aromatic carbocycles. The zero-order valence-electron chi connectivity index (χ0n) is 17.9. The maximum absolute atomic E-state index is 12.9. The second kappa shape index (κ2) is 9.23. The normalized spacial score (nSPS) is 22.5. The van der Waals surface area contributed by atoms with E-state index in [1.54, 1.807) is 18.2 Å². The van der Waals surface area contributed by atoms with Crippen molar-refractivity contribution in [3.8, 4) is 0 Å². The van der Waals surface area contributed by atoms with Gasteiger partial charge in [-0.25, -0.2) is 8.42 Å². The van der Waals surface area contributed by atoms with E-state index in [0.717, 1.165) is 32.5 Å². The minimum atomic E-state index is -3.55. The molecule has 1 atom stereocenters. The van der Waals surface area contributed by atoms with E-state index in [0.29, 0.717) is 50.5 Å². The summed E-state index contributed by atoms with van der Waals surface area (Å²) in [5.74, 6) is -0.453. The molecule has 0 saturated carbocycles. The van der Waals surface area contributed by atoms with Crippen molar-refractivity contribution in [2.45, 2.75) is 37.1 Å². The van der Waals surface area contributed by atoms with E-state index < -0.39 is 16.1 Å². The van der Waals surface area contributed by atoms with Crippen molar-refractivity contribution in [3.63, 3.8) is 0 Å². The van der Waals surface area contributed by atoms with Crippen LogP contribution in [0.4, 0.5) is 5.69 Å². The molecule has 2 fully saturated rings. The lowest BCUT2D eigenvalue weighted by atomic mass is 10.1. The second-order valence-corrected chi connectivity index (χ2v) is 10.2. The van der Waals surface area contributed by atoms with Gasteiger partial charge in [0.2, 0.25) is 21.8 Å². The quantitative estimate of drug-likeness (QED) is 0.665. The topological polar surface area (TPSA) is 99.3 Å². The van der Waals surface area contributed by atoms with Gasteiger partial charge >= 0.3 is 0 Å². The summed E-state index contributed by atoms with van der Waals surface area (Å²) in [6, 6.07) is 4.16. The minimum Gasteiger partial charge on any atom is -0.379 e. The SMILES string of the molecule is CC(=O)N1c2ccc(S(=O)(=O)N3CCCC3)cc2C[C@@H]1C(=O)NCCN1CCOCC1. The molecule has 170 valence electrons. The van der Waals surface area contributed by atoms with Crippen LogP contribution in [0, 0.1) is 0 Å². The molecule has 2 amide bonds. The average molecular weight is 451 g/mol. The lowest BCUT2D eigenvalue weighted by Gasteiger charge is -2.27. The Morgan fingerprint density at radius 2 is 1.84 bits per heavy atom. The number of benzene rings is 1. The fourth-order valence-electron chi connectivity index (χ4n) is 4.54. The van der Waals surface area contributed by atoms with E-state index in [4.69, 9.17) is 4.74 Å². The molecule has 4 rings (SSSR count). The van der Waals surface area contributed by atoms with Gasteiger partial charge < -0.3 is 10.1 Å². The maximum atomic E-state index is 12.9. The van der Waals surface area contributed by atoms with Crippen LogP contribution in [-0.4, -0.2) is 88.0 Å². The number of carbonyl (C=O) groups is 2. The zero-order valence-corrected chi connectivity index (χ0v) is 18.7. The summed E-state index contributed by atoms with van der Waals surface area (Å²) < 4.78 is 32.7. The highest BCUT2D eigenvalue weighted by atomic mass is 32.2. The Morgan fingerprint density at radius 1 is 1.13 bits per heavy atom. The molecule has 0 aromatic heterocycles. The third-order valence-electron chi connectivity index (χ3n) is 6.21. The third kappa shape index (κ3) is 4.62. The van der Waals surface area contributed by atoms with Crippen LogP contribution in [0.5, 0.6) is 0 Å². The van der Waals surface area contributed by atoms with Crippen LogP contribution in [0.2, 0.25) is 0 Å². The van der Waals surface area contributed by atoms with Crippen molar-refractivity contribution >= 4 is 27.5 Å². The fraction of sp³-hybridized carbons (Fsp3) is 0.619. The van der Waals surface area contributed by atoms with Crippen LogP contribution in [0.1, 0.15) is 25.3 Å². The molecular weight excluding hydrogens is 420 g/mol. The predicted molar refractivity (Wildman–Crippen MR) is 115 cm³/mol. The van der Waals surface area contributed by atoms with Crippen LogP contribution in [0.25, 0.3) is 0 Å². The van der Waals surface area contributed by atoms with Gasteiger partial charge in [-0.1, -0.05) is 0 Å². The number of morpholine rings is 1. The van der Waals surface area contributed by atoms with Crippen molar-refractivity contribution in [1.82, 2.24) is 14.5 Å². The largest absolute Gasteiger partial charge is 0.379 e. The number of rotatable bonds is 6. The molecule has 0 spiro atoms. The van der Waals surface area contributed by atoms with Gasteiger partial charge in [-0.3, -0.25) is 19.4 Å². The summed E-state index contributed by atoms with van der Waals surface area (Å²) >= 11 is 0. The van der Waals surface area contributed by atoms with Crippen LogP contribution < -0.4 is 10.2 Å². The van der Waals surface area contributed by atoms with Gasteiger partial charge in [0, 0.05) is 58.3 Å². The van der Waals surface area contributed by atoms with Gasteiger partial charge in [0.1, 0.15) is 6.04 Å². The molecule has 2 saturated heterocycles. The number of sulfonamides is 1. The zero-order chi connectivity index (χ0) is 22.0. The summed E-state index contributed by atoms with van der Waals surface area (Å²) in [5, 5.41) is 2.94. The predicted octanol–water partition coefficient (Wildman–Crippen LogP) is 0.197. The number of nitrogens with zero attached hydrogens (tertiary/aromatic N) is 3. The molecule has 9 nitrogen and oxygen atoms in total. The number of anilines is 1. The number of ether oxygens (including phenoxy) is 1. The van der Waals surface area contributed by atoms with Gasteiger partial charge in [0.15, 0.2) is 0 Å². The van der Waals surface area contributed by atoms with Gasteiger partial charge in [0.25, 0.3) is 0 Å². The molecule has 1 N–H and O–H groups in total. The Balaban J connectivity index is 1.46. The Kier molecular flexibility index (Phi) is 6.61. The van der Waals surface area contributed by atoms with Crippen LogP contribution in [0.3, 0.4) is 0 Å². The summed E-state index contributed by atoms with van der Waals surface area (Å²) in [6.45, 7) is 6.81. The van der Waals surface area contributed by atoms with Crippen molar-refractivity contribution in [1.29, 1.82) is 0 Å². The molecule has 31 heavy (non-hydrogen) atoms. The minimum absolute atomic E-state index is 0.219. The Bertz CT molecular complexity index is 939. The first kappa shape index (κ1) is 22.2. The molecule has 10 heteroatoms. The Hall–Kier alpha value is -2.01. The first-order valence-electron chi connectivity index (χ1n) is 10.9. The Labute approximate surface area is 183 Å². The first-order chi connectivity index (χ1) is 14.9. The van der Waals surface area contributed by atoms with Crippen LogP contribution in [0.15, 0.2) is 23.1 Å². The highest BCUT2D eigenvalue weighted by Crippen LogP contribution is 2.35. The van der Waals surface area contributed by atoms with Crippen LogP contribution in [-0.2, 0) is 30.8 Å². The highest BCUT2D eigenvalue weighted by Gasteiger charge is 2.38. The monoisotopic (exact) mass is 450 g/mol. The van der Waals surface area contributed by atoms with Crippen molar-refractivity contribution in [2.24, 2.45) is 0 Å². The van der Waals surface area contributed by atoms with Gasteiger partial charge in [0.05, 0.1) is 18.1 Å². The molecule has 0 radical (unpaired) electrons. The molecule has 3 aliphatic heterocycles. The first-order valence-corrected chi connectivity index (χ1v) is 12.3. The number of amides is 2. The summed E-state index contributed by atoms with van der Waals surface area (Å²) in [6.07, 6.45) is 2.05. The molecule has 0 aliphatic carbocycles. The number of hydrogen-bond acceptors (Lipinski definition) is 6. The number of carbonyl (C=O) groups excluding carboxylic acids is 2. The standard InChI is InChI=1S/C21H30N4O5S/c1-16(26)25-19-5-4-18(31(28,29)24-7-2-3-8-24)14-17(19)15-20(25)21(27)22-6-9-23-10-12-30-13-11-23/h4-5,14,20H,2-3,6-13,15H2,1H3,(H,22,27)/t20-/m1/s1. The molecule has 1 aromatic rings. The average Bonchev–Trinajstić information content (AvgIpc) is 3.42. The van der Waals surface area contributed by atoms with Crippen molar-refractivity contribution in [2.75, 3.05) is 57.4 Å². The molecule has 3 aliphatic rings. The van der Waals surface area contributed by atoms with Gasteiger partial charge in [-0.15, -0.1) is 0 Å². The molecule has 0 unspecified atom stereocenters. The summed E-state index contributed by atoms with van der Waals surface area (Å²) in [7, 11) is -3.55. The lowest BCUT2D eigenvalue weighted by molar-refractivity contribution is -0.125. The number of nitrogens with one attached hydrogen (secondary N) is 1. The summed E-state index contributed by atoms with van der Waals surface area (Å²) in [4.78, 5) is 29.2. The van der Waals surface area contributed by atoms with E-state index in [-0.39, 0.29) is 16.7 Å². The van der Waals surface area contributed by atoms with E-state index in [9.17, 15) is 18.0 Å². The second-order valence-electron chi connectivity index (χ2n) is 8.26. The maximum Gasteiger partial charge on any atom is 0.243 e. The fourth-order valence-corrected chi connectivity index (χ4v) is 6.11. The van der Waals surface area contributed by atoms with E-state index in [2.05, 4.69) is 10.2 Å². The van der Waals surface area contributed by atoms with Crippen molar-refractivity contribution in [3.05, 3.63) is 23.8 Å². The van der Waals surface area contributed by atoms with E-state index in [1.807, 2.05) is 0 Å². The number of fused-ring (bicyclic) bond motifs is 1. The molecular formula is C21H30N4O5S. The molecule has 0 bridgehead atoms. The Morgan fingerprint density at radius 3 is 2.52 bits per heavy atom.